The molecular formula is C18H24N4O5S2. The summed E-state index contributed by atoms with van der Waals surface area (Å²) in [5, 5.41) is 2.27. The molecule has 3 heterocycles. The van der Waals surface area contributed by atoms with Crippen molar-refractivity contribution in [3.63, 3.8) is 0 Å². The fourth-order valence-corrected chi connectivity index (χ4v) is 5.65. The van der Waals surface area contributed by atoms with Crippen LogP contribution in [0.1, 0.15) is 42.9 Å². The van der Waals surface area contributed by atoms with Gasteiger partial charge in [-0.25, -0.2) is 18.2 Å². The number of rotatable bonds is 7. The zero-order valence-corrected chi connectivity index (χ0v) is 18.3. The summed E-state index contributed by atoms with van der Waals surface area (Å²) in [6, 6.07) is 1.34. The van der Waals surface area contributed by atoms with Gasteiger partial charge in [0, 0.05) is 45.2 Å². The van der Waals surface area contributed by atoms with Crippen LogP contribution in [0.5, 0.6) is 0 Å². The number of carbonyl (C=O) groups is 2. The number of sulfonamides is 1. The van der Waals surface area contributed by atoms with Gasteiger partial charge in [0.2, 0.25) is 15.9 Å². The highest BCUT2D eigenvalue weighted by Gasteiger charge is 2.29. The first-order valence-electron chi connectivity index (χ1n) is 9.30. The van der Waals surface area contributed by atoms with E-state index in [9.17, 15) is 18.0 Å². The van der Waals surface area contributed by atoms with Crippen molar-refractivity contribution in [2.45, 2.75) is 38.2 Å². The molecule has 1 aliphatic heterocycles. The van der Waals surface area contributed by atoms with Gasteiger partial charge >= 0.3 is 5.97 Å². The minimum absolute atomic E-state index is 0.0653. The molecule has 1 amide bonds. The summed E-state index contributed by atoms with van der Waals surface area (Å²) >= 11 is 1.30. The monoisotopic (exact) mass is 440 g/mol. The summed E-state index contributed by atoms with van der Waals surface area (Å²) in [6.45, 7) is 4.75. The van der Waals surface area contributed by atoms with Crippen molar-refractivity contribution in [2.75, 3.05) is 24.5 Å². The molecule has 0 aromatic carbocycles. The number of amides is 1. The third kappa shape index (κ3) is 4.51. The highest BCUT2D eigenvalue weighted by Crippen LogP contribution is 2.24. The van der Waals surface area contributed by atoms with Crippen LogP contribution in [0.15, 0.2) is 22.5 Å². The summed E-state index contributed by atoms with van der Waals surface area (Å²) in [5.41, 5.74) is 0.675. The van der Waals surface area contributed by atoms with Crippen LogP contribution in [0.2, 0.25) is 0 Å². The predicted octanol–water partition coefficient (Wildman–Crippen LogP) is 2.00. The Kier molecular flexibility index (Phi) is 6.39. The standard InChI is InChI=1S/C18H24N4O5S2/c1-4-22(13(2)23)18-19-14(12-28-18)11-27-17(24)16-9-15(10-20(16)3)29(25,26)21-7-5-6-8-21/h9-10,12H,4-8,11H2,1-3H3. The summed E-state index contributed by atoms with van der Waals surface area (Å²) < 4.78 is 33.5. The molecule has 29 heavy (non-hydrogen) atoms. The quantitative estimate of drug-likeness (QED) is 0.610. The number of nitrogens with zero attached hydrogens (tertiary/aromatic N) is 4. The van der Waals surface area contributed by atoms with Gasteiger partial charge in [0.15, 0.2) is 5.13 Å². The maximum Gasteiger partial charge on any atom is 0.355 e. The minimum atomic E-state index is -3.60. The number of hydrogen-bond acceptors (Lipinski definition) is 7. The Morgan fingerprint density at radius 3 is 2.62 bits per heavy atom. The Hall–Kier alpha value is -2.24. The predicted molar refractivity (Wildman–Crippen MR) is 108 cm³/mol. The van der Waals surface area contributed by atoms with Crippen LogP contribution >= 0.6 is 11.3 Å². The molecule has 1 fully saturated rings. The molecule has 0 bridgehead atoms. The van der Waals surface area contributed by atoms with Gasteiger partial charge in [-0.2, -0.15) is 4.31 Å². The van der Waals surface area contributed by atoms with Gasteiger partial charge in [-0.15, -0.1) is 11.3 Å². The normalized spacial score (nSPS) is 14.9. The van der Waals surface area contributed by atoms with E-state index in [0.29, 0.717) is 30.5 Å². The van der Waals surface area contributed by atoms with E-state index in [4.69, 9.17) is 4.74 Å². The Morgan fingerprint density at radius 2 is 2.00 bits per heavy atom. The van der Waals surface area contributed by atoms with Crippen molar-refractivity contribution in [2.24, 2.45) is 7.05 Å². The van der Waals surface area contributed by atoms with Gasteiger partial charge in [-0.05, 0) is 25.8 Å². The lowest BCUT2D eigenvalue weighted by molar-refractivity contribution is -0.116. The maximum atomic E-state index is 12.7. The highest BCUT2D eigenvalue weighted by molar-refractivity contribution is 7.89. The molecule has 1 saturated heterocycles. The molecule has 0 N–H and O–H groups in total. The second-order valence-corrected chi connectivity index (χ2v) is 9.52. The largest absolute Gasteiger partial charge is 0.454 e. The van der Waals surface area contributed by atoms with E-state index in [1.54, 1.807) is 12.4 Å². The topological polar surface area (TPSA) is 102 Å². The third-order valence-electron chi connectivity index (χ3n) is 4.71. The number of aromatic nitrogens is 2. The van der Waals surface area contributed by atoms with Crippen LogP contribution in [0, 0.1) is 0 Å². The van der Waals surface area contributed by atoms with Crippen molar-refractivity contribution < 1.29 is 22.7 Å². The fraction of sp³-hybridized carbons (Fsp3) is 0.500. The SMILES string of the molecule is CCN(C(C)=O)c1nc(COC(=O)c2cc(S(=O)(=O)N3CCCC3)cn2C)cs1. The molecule has 0 aliphatic carbocycles. The third-order valence-corrected chi connectivity index (χ3v) is 7.49. The second-order valence-electron chi connectivity index (χ2n) is 6.74. The molecule has 0 atom stereocenters. The number of aryl methyl sites for hydroxylation is 1. The van der Waals surface area contributed by atoms with Crippen LogP contribution < -0.4 is 4.90 Å². The molecule has 3 rings (SSSR count). The number of carbonyl (C=O) groups excluding carboxylic acids is 2. The first-order chi connectivity index (χ1) is 13.7. The molecule has 11 heteroatoms. The van der Waals surface area contributed by atoms with Crippen LogP contribution in [-0.2, 0) is 33.2 Å². The summed E-state index contributed by atoms with van der Waals surface area (Å²) in [7, 11) is -2.00. The zero-order valence-electron chi connectivity index (χ0n) is 16.6. The van der Waals surface area contributed by atoms with Gasteiger partial charge in [0.25, 0.3) is 0 Å². The summed E-state index contributed by atoms with van der Waals surface area (Å²) in [5.74, 6) is -0.746. The van der Waals surface area contributed by atoms with Crippen LogP contribution in [0.3, 0.4) is 0 Å². The second kappa shape index (κ2) is 8.64. The first kappa shape index (κ1) is 21.5. The van der Waals surface area contributed by atoms with E-state index in [1.807, 2.05) is 6.92 Å². The van der Waals surface area contributed by atoms with Crippen molar-refractivity contribution in [3.8, 4) is 0 Å². The van der Waals surface area contributed by atoms with E-state index in [-0.39, 0.29) is 23.1 Å². The summed E-state index contributed by atoms with van der Waals surface area (Å²) in [4.78, 5) is 30.0. The zero-order chi connectivity index (χ0) is 21.2. The average Bonchev–Trinajstić information content (AvgIpc) is 3.41. The molecule has 158 valence electrons. The maximum absolute atomic E-state index is 12.7. The Bertz CT molecular complexity index is 1010. The van der Waals surface area contributed by atoms with Crippen molar-refractivity contribution in [1.82, 2.24) is 13.9 Å². The smallest absolute Gasteiger partial charge is 0.355 e. The number of thiazole rings is 1. The van der Waals surface area contributed by atoms with E-state index in [2.05, 4.69) is 4.98 Å². The van der Waals surface area contributed by atoms with E-state index in [0.717, 1.165) is 12.8 Å². The van der Waals surface area contributed by atoms with Crippen molar-refractivity contribution >= 4 is 38.4 Å². The molecule has 2 aromatic heterocycles. The lowest BCUT2D eigenvalue weighted by Gasteiger charge is -2.14. The minimum Gasteiger partial charge on any atom is -0.454 e. The van der Waals surface area contributed by atoms with Gasteiger partial charge in [0.1, 0.15) is 17.2 Å². The molecule has 0 spiro atoms. The van der Waals surface area contributed by atoms with E-state index >= 15 is 0 Å². The molecule has 0 radical (unpaired) electrons. The molecule has 9 nitrogen and oxygen atoms in total. The average molecular weight is 441 g/mol. The van der Waals surface area contributed by atoms with Crippen LogP contribution in [0.25, 0.3) is 0 Å². The van der Waals surface area contributed by atoms with E-state index in [1.165, 1.54) is 44.3 Å². The Balaban J connectivity index is 1.68. The first-order valence-corrected chi connectivity index (χ1v) is 11.6. The van der Waals surface area contributed by atoms with E-state index < -0.39 is 16.0 Å². The highest BCUT2D eigenvalue weighted by atomic mass is 32.2. The molecule has 0 saturated carbocycles. The Labute approximate surface area is 173 Å². The number of hydrogen-bond donors (Lipinski definition) is 0. The molecule has 1 aliphatic rings. The number of esters is 1. The van der Waals surface area contributed by atoms with Crippen LogP contribution in [0.4, 0.5) is 5.13 Å². The van der Waals surface area contributed by atoms with Gasteiger partial charge in [-0.1, -0.05) is 0 Å². The Morgan fingerprint density at radius 1 is 1.31 bits per heavy atom. The van der Waals surface area contributed by atoms with Gasteiger partial charge in [0.05, 0.1) is 5.69 Å². The number of anilines is 1. The number of ether oxygens (including phenoxy) is 1. The van der Waals surface area contributed by atoms with Crippen molar-refractivity contribution in [3.05, 3.63) is 29.0 Å². The lowest BCUT2D eigenvalue weighted by Crippen LogP contribution is -2.27. The molecule has 2 aromatic rings. The molecular weight excluding hydrogens is 416 g/mol. The summed E-state index contributed by atoms with van der Waals surface area (Å²) in [6.07, 6.45) is 3.11. The van der Waals surface area contributed by atoms with Crippen molar-refractivity contribution in [1.29, 1.82) is 0 Å². The van der Waals surface area contributed by atoms with Gasteiger partial charge < -0.3 is 9.30 Å². The fourth-order valence-electron chi connectivity index (χ4n) is 3.15. The van der Waals surface area contributed by atoms with Gasteiger partial charge in [-0.3, -0.25) is 9.69 Å². The van der Waals surface area contributed by atoms with Crippen LogP contribution in [-0.4, -0.2) is 53.8 Å². The lowest BCUT2D eigenvalue weighted by atomic mass is 10.4. The molecule has 0 unspecified atom stereocenters.